The normalized spacial score (nSPS) is 12.4. The van der Waals surface area contributed by atoms with Crippen molar-refractivity contribution in [2.24, 2.45) is 15.9 Å². The maximum absolute atomic E-state index is 12.6. The third-order valence-electron chi connectivity index (χ3n) is 3.89. The molecule has 3 aromatic rings. The number of nitrogens with two attached hydrogens (primary N) is 1. The summed E-state index contributed by atoms with van der Waals surface area (Å²) in [6.45, 7) is 0. The Morgan fingerprint density at radius 3 is 2.34 bits per heavy atom. The van der Waals surface area contributed by atoms with Crippen molar-refractivity contribution < 1.29 is 13.2 Å². The van der Waals surface area contributed by atoms with Crippen LogP contribution in [0.1, 0.15) is 16.7 Å². The van der Waals surface area contributed by atoms with Gasteiger partial charge in [0.15, 0.2) is 5.17 Å². The van der Waals surface area contributed by atoms with Crippen molar-refractivity contribution in [3.8, 4) is 11.3 Å². The molecule has 148 valence electrons. The number of benzene rings is 2. The molecule has 0 spiro atoms. The minimum Gasteiger partial charge on any atom is -0.377 e. The van der Waals surface area contributed by atoms with Crippen LogP contribution in [0.15, 0.2) is 83.1 Å². The van der Waals surface area contributed by atoms with Gasteiger partial charge in [-0.25, -0.2) is 0 Å². The van der Waals surface area contributed by atoms with Crippen LogP contribution in [0.2, 0.25) is 0 Å². The van der Waals surface area contributed by atoms with E-state index in [4.69, 9.17) is 5.73 Å². The number of rotatable bonds is 5. The Balaban J connectivity index is 1.58. The topological polar surface area (TPSA) is 63.6 Å². The van der Waals surface area contributed by atoms with Crippen LogP contribution in [0.5, 0.6) is 0 Å². The third kappa shape index (κ3) is 6.18. The molecular weight excluding hydrogens is 397 g/mol. The molecule has 0 aliphatic heterocycles. The lowest BCUT2D eigenvalue weighted by Crippen LogP contribution is -2.06. The fourth-order valence-corrected chi connectivity index (χ4v) is 3.00. The molecule has 0 saturated heterocycles. The lowest BCUT2D eigenvalue weighted by molar-refractivity contribution is -0.137. The fraction of sp³-hybridized carbons (Fsp3) is 0.0952. The molecule has 0 amide bonds. The van der Waals surface area contributed by atoms with Crippen LogP contribution in [-0.4, -0.2) is 16.4 Å². The fourth-order valence-electron chi connectivity index (χ4n) is 2.39. The summed E-state index contributed by atoms with van der Waals surface area (Å²) >= 11 is 1.39. The van der Waals surface area contributed by atoms with Crippen LogP contribution >= 0.6 is 11.8 Å². The van der Waals surface area contributed by atoms with Gasteiger partial charge >= 0.3 is 6.18 Å². The average molecular weight is 414 g/mol. The Bertz CT molecular complexity index is 983. The number of halogens is 3. The van der Waals surface area contributed by atoms with E-state index >= 15 is 0 Å². The van der Waals surface area contributed by atoms with Gasteiger partial charge in [-0.1, -0.05) is 66.4 Å². The highest BCUT2D eigenvalue weighted by Gasteiger charge is 2.30. The largest absolute Gasteiger partial charge is 0.417 e. The molecule has 4 nitrogen and oxygen atoms in total. The number of alkyl halides is 3. The first-order valence-electron chi connectivity index (χ1n) is 8.59. The van der Waals surface area contributed by atoms with E-state index in [2.05, 4.69) is 15.2 Å². The number of hydrogen-bond donors (Lipinski definition) is 1. The Kier molecular flexibility index (Phi) is 6.66. The Morgan fingerprint density at radius 1 is 1.00 bits per heavy atom. The summed E-state index contributed by atoms with van der Waals surface area (Å²) in [6, 6.07) is 19.3. The highest BCUT2D eigenvalue weighted by molar-refractivity contribution is 8.13. The molecule has 2 N–H and O–H groups in total. The molecule has 1 aromatic heterocycles. The lowest BCUT2D eigenvalue weighted by atomic mass is 10.1. The van der Waals surface area contributed by atoms with Gasteiger partial charge in [-0.05, 0) is 23.3 Å². The van der Waals surface area contributed by atoms with E-state index in [1.807, 2.05) is 30.3 Å². The third-order valence-corrected chi connectivity index (χ3v) is 4.74. The molecule has 0 saturated carbocycles. The quantitative estimate of drug-likeness (QED) is 0.348. The van der Waals surface area contributed by atoms with E-state index < -0.39 is 11.7 Å². The molecule has 0 aliphatic carbocycles. The highest BCUT2D eigenvalue weighted by atomic mass is 32.2. The first-order valence-corrected chi connectivity index (χ1v) is 9.57. The van der Waals surface area contributed by atoms with Crippen LogP contribution in [0.25, 0.3) is 11.3 Å². The smallest absolute Gasteiger partial charge is 0.377 e. The van der Waals surface area contributed by atoms with Crippen molar-refractivity contribution in [2.45, 2.75) is 11.9 Å². The Morgan fingerprint density at radius 2 is 1.72 bits per heavy atom. The zero-order valence-electron chi connectivity index (χ0n) is 15.2. The van der Waals surface area contributed by atoms with Crippen LogP contribution < -0.4 is 5.73 Å². The summed E-state index contributed by atoms with van der Waals surface area (Å²) in [5.74, 6) is 0.709. The second kappa shape index (κ2) is 9.38. The summed E-state index contributed by atoms with van der Waals surface area (Å²) in [6.07, 6.45) is -2.01. The lowest BCUT2D eigenvalue weighted by Gasteiger charge is -2.07. The van der Waals surface area contributed by atoms with Crippen LogP contribution in [0.3, 0.4) is 0 Å². The molecule has 0 bridgehead atoms. The number of nitrogens with zero attached hydrogens (tertiary/aromatic N) is 3. The molecule has 0 aliphatic rings. The summed E-state index contributed by atoms with van der Waals surface area (Å²) in [5.41, 5.74) is 8.16. The maximum atomic E-state index is 12.6. The van der Waals surface area contributed by atoms with Crippen LogP contribution in [0, 0.1) is 0 Å². The van der Waals surface area contributed by atoms with Gasteiger partial charge in [0.25, 0.3) is 0 Å². The molecule has 1 heterocycles. The van der Waals surface area contributed by atoms with E-state index in [9.17, 15) is 13.2 Å². The van der Waals surface area contributed by atoms with Crippen molar-refractivity contribution in [3.63, 3.8) is 0 Å². The zero-order chi connectivity index (χ0) is 20.7. The number of thioether (sulfide) groups is 1. The molecule has 3 rings (SSSR count). The predicted molar refractivity (Wildman–Crippen MR) is 112 cm³/mol. The van der Waals surface area contributed by atoms with Gasteiger partial charge in [0.2, 0.25) is 0 Å². The molecule has 0 atom stereocenters. The first kappa shape index (κ1) is 20.6. The molecule has 2 aromatic carbocycles. The van der Waals surface area contributed by atoms with Crippen molar-refractivity contribution in [2.75, 3.05) is 0 Å². The monoisotopic (exact) mass is 414 g/mol. The minimum absolute atomic E-state index is 0.357. The molecule has 29 heavy (non-hydrogen) atoms. The molecular formula is C21H17F3N4S. The molecule has 0 radical (unpaired) electrons. The van der Waals surface area contributed by atoms with Gasteiger partial charge < -0.3 is 5.73 Å². The summed E-state index contributed by atoms with van der Waals surface area (Å²) < 4.78 is 37.8. The summed E-state index contributed by atoms with van der Waals surface area (Å²) in [4.78, 5) is 3.88. The predicted octanol–water partition coefficient (Wildman–Crippen LogP) is 5.35. The summed E-state index contributed by atoms with van der Waals surface area (Å²) in [5, 5.41) is 8.28. The van der Waals surface area contributed by atoms with Gasteiger partial charge in [-0.3, -0.25) is 4.98 Å². The van der Waals surface area contributed by atoms with Gasteiger partial charge in [0.05, 0.1) is 17.5 Å². The van der Waals surface area contributed by atoms with Gasteiger partial charge in [0, 0.05) is 17.5 Å². The van der Waals surface area contributed by atoms with Crippen molar-refractivity contribution in [1.82, 2.24) is 4.98 Å². The van der Waals surface area contributed by atoms with Crippen molar-refractivity contribution in [3.05, 3.63) is 89.6 Å². The second-order valence-corrected chi connectivity index (χ2v) is 7.00. The van der Waals surface area contributed by atoms with Gasteiger partial charge in [-0.2, -0.15) is 18.3 Å². The zero-order valence-corrected chi connectivity index (χ0v) is 16.0. The number of amidine groups is 1. The molecule has 0 unspecified atom stereocenters. The average Bonchev–Trinajstić information content (AvgIpc) is 2.73. The van der Waals surface area contributed by atoms with Crippen LogP contribution in [-0.2, 0) is 11.9 Å². The van der Waals surface area contributed by atoms with E-state index in [-0.39, 0.29) is 0 Å². The Hall–Kier alpha value is -3.13. The second-order valence-electron chi connectivity index (χ2n) is 6.01. The molecule has 8 heteroatoms. The van der Waals surface area contributed by atoms with Crippen molar-refractivity contribution >= 4 is 23.1 Å². The van der Waals surface area contributed by atoms with Crippen molar-refractivity contribution in [1.29, 1.82) is 0 Å². The van der Waals surface area contributed by atoms with E-state index in [1.54, 1.807) is 30.5 Å². The minimum atomic E-state index is -4.40. The van der Waals surface area contributed by atoms with E-state index in [0.717, 1.165) is 23.4 Å². The SMILES string of the molecule is NC(=NN=Cc1ccc(-c2ccc(C(F)(F)F)cn2)cc1)SCc1ccccc1. The highest BCUT2D eigenvalue weighted by Crippen LogP contribution is 2.29. The number of pyridine rings is 1. The maximum Gasteiger partial charge on any atom is 0.417 e. The number of hydrogen-bond acceptors (Lipinski definition) is 4. The Labute approximate surface area is 170 Å². The van der Waals surface area contributed by atoms with Gasteiger partial charge in [-0.15, -0.1) is 5.10 Å². The van der Waals surface area contributed by atoms with Gasteiger partial charge in [0.1, 0.15) is 0 Å². The number of aromatic nitrogens is 1. The first-order chi connectivity index (χ1) is 13.9. The van der Waals surface area contributed by atoms with E-state index in [0.29, 0.717) is 22.2 Å². The van der Waals surface area contributed by atoms with E-state index in [1.165, 1.54) is 17.8 Å². The van der Waals surface area contributed by atoms with Crippen LogP contribution in [0.4, 0.5) is 13.2 Å². The molecule has 0 fully saturated rings. The standard InChI is InChI=1S/C21H17F3N4S/c22-21(23,24)18-10-11-19(26-13-18)17-8-6-15(7-9-17)12-27-28-20(25)29-14-16-4-2-1-3-5-16/h1-13H,14H2,(H2,25,28). The summed E-state index contributed by atoms with van der Waals surface area (Å²) in [7, 11) is 0.